The number of carbonyl (C=O) groups excluding carboxylic acids is 1. The number of amides is 1. The van der Waals surface area contributed by atoms with Gasteiger partial charge in [-0.25, -0.2) is 0 Å². The lowest BCUT2D eigenvalue weighted by Crippen LogP contribution is -2.47. The van der Waals surface area contributed by atoms with Crippen LogP contribution in [0.3, 0.4) is 0 Å². The van der Waals surface area contributed by atoms with Crippen LogP contribution in [0.1, 0.15) is 30.4 Å². The van der Waals surface area contributed by atoms with Gasteiger partial charge in [0, 0.05) is 29.7 Å². The number of ether oxygens (including phenoxy) is 2. The van der Waals surface area contributed by atoms with E-state index >= 15 is 0 Å². The van der Waals surface area contributed by atoms with Crippen LogP contribution in [0.15, 0.2) is 53.1 Å². The number of thioether (sulfide) groups is 1. The molecule has 0 unspecified atom stereocenters. The first-order valence-electron chi connectivity index (χ1n) is 10.2. The molecule has 0 N–H and O–H groups in total. The molecule has 2 aromatic carbocycles. The molecule has 0 aliphatic carbocycles. The summed E-state index contributed by atoms with van der Waals surface area (Å²) in [4.78, 5) is 17.2. The van der Waals surface area contributed by atoms with Crippen molar-refractivity contribution < 1.29 is 14.3 Å². The van der Waals surface area contributed by atoms with Gasteiger partial charge in [-0.3, -0.25) is 9.69 Å². The minimum atomic E-state index is -0.327. The van der Waals surface area contributed by atoms with Gasteiger partial charge in [0.15, 0.2) is 0 Å². The largest absolute Gasteiger partial charge is 0.497 e. The van der Waals surface area contributed by atoms with Gasteiger partial charge in [0.05, 0.1) is 43.4 Å². The van der Waals surface area contributed by atoms with Crippen molar-refractivity contribution in [2.75, 3.05) is 31.7 Å². The van der Waals surface area contributed by atoms with E-state index in [2.05, 4.69) is 30.0 Å². The molecule has 0 spiro atoms. The van der Waals surface area contributed by atoms with E-state index < -0.39 is 0 Å². The van der Waals surface area contributed by atoms with Crippen molar-refractivity contribution in [1.82, 2.24) is 4.90 Å². The molecule has 7 heteroatoms. The number of carbonyl (C=O) groups is 1. The Kier molecular flexibility index (Phi) is 6.10. The molecule has 0 aromatic heterocycles. The van der Waals surface area contributed by atoms with Crippen LogP contribution in [0.2, 0.25) is 0 Å². The predicted molar refractivity (Wildman–Crippen MR) is 122 cm³/mol. The maximum atomic E-state index is 13.2. The lowest BCUT2D eigenvalue weighted by atomic mass is 9.86. The van der Waals surface area contributed by atoms with Crippen molar-refractivity contribution in [3.8, 4) is 17.6 Å². The molecule has 2 aliphatic heterocycles. The SMILES string of the molecule is CCc1ccccc1N1CSC2=C(C#N)[C@@H](c3ccc(OC)cc3OC)CC(=O)N2C1. The fourth-order valence-electron chi connectivity index (χ4n) is 4.21. The summed E-state index contributed by atoms with van der Waals surface area (Å²) in [6, 6.07) is 16.2. The highest BCUT2D eigenvalue weighted by Crippen LogP contribution is 2.46. The second kappa shape index (κ2) is 8.94. The molecule has 1 amide bonds. The van der Waals surface area contributed by atoms with Crippen LogP contribution in [0.5, 0.6) is 11.5 Å². The molecular formula is C24H25N3O3S. The van der Waals surface area contributed by atoms with Gasteiger partial charge in [0.2, 0.25) is 5.91 Å². The van der Waals surface area contributed by atoms with Crippen molar-refractivity contribution in [1.29, 1.82) is 5.26 Å². The third kappa shape index (κ3) is 3.84. The normalized spacial score (nSPS) is 18.5. The molecule has 1 fully saturated rings. The number of methoxy groups -OCH3 is 2. The van der Waals surface area contributed by atoms with Gasteiger partial charge >= 0.3 is 0 Å². The molecule has 2 heterocycles. The van der Waals surface area contributed by atoms with Crippen LogP contribution in [-0.4, -0.2) is 37.6 Å². The molecule has 0 radical (unpaired) electrons. The first kappa shape index (κ1) is 21.1. The van der Waals surface area contributed by atoms with Crippen molar-refractivity contribution >= 4 is 23.4 Å². The fraction of sp³-hybridized carbons (Fsp3) is 0.333. The van der Waals surface area contributed by atoms with Gasteiger partial charge in [-0.15, -0.1) is 0 Å². The second-order valence-corrected chi connectivity index (χ2v) is 8.39. The third-order valence-electron chi connectivity index (χ3n) is 5.82. The molecule has 0 bridgehead atoms. The molecule has 31 heavy (non-hydrogen) atoms. The summed E-state index contributed by atoms with van der Waals surface area (Å²) in [5.41, 5.74) is 3.85. The summed E-state index contributed by atoms with van der Waals surface area (Å²) in [5.74, 6) is 1.68. The van der Waals surface area contributed by atoms with Crippen LogP contribution in [0, 0.1) is 11.3 Å². The number of nitrogens with zero attached hydrogens (tertiary/aromatic N) is 3. The molecule has 1 atom stereocenters. The quantitative estimate of drug-likeness (QED) is 0.690. The smallest absolute Gasteiger partial charge is 0.229 e. The van der Waals surface area contributed by atoms with Gasteiger partial charge in [0.25, 0.3) is 0 Å². The maximum Gasteiger partial charge on any atom is 0.229 e. The minimum absolute atomic E-state index is 0.0167. The highest BCUT2D eigenvalue weighted by Gasteiger charge is 2.39. The van der Waals surface area contributed by atoms with Crippen molar-refractivity contribution in [3.05, 3.63) is 64.2 Å². The summed E-state index contributed by atoms with van der Waals surface area (Å²) < 4.78 is 10.8. The Balaban J connectivity index is 1.70. The fourth-order valence-corrected chi connectivity index (χ4v) is 5.36. The van der Waals surface area contributed by atoms with Gasteiger partial charge < -0.3 is 14.4 Å². The first-order valence-corrected chi connectivity index (χ1v) is 11.2. The third-order valence-corrected chi connectivity index (χ3v) is 6.98. The number of hydrogen-bond donors (Lipinski definition) is 0. The molecule has 4 rings (SSSR count). The number of para-hydroxylation sites is 1. The van der Waals surface area contributed by atoms with Gasteiger partial charge in [-0.1, -0.05) is 43.0 Å². The van der Waals surface area contributed by atoms with Crippen LogP contribution < -0.4 is 14.4 Å². The van der Waals surface area contributed by atoms with Crippen molar-refractivity contribution in [2.24, 2.45) is 0 Å². The number of allylic oxidation sites excluding steroid dienone is 1. The van der Waals surface area contributed by atoms with E-state index in [1.165, 1.54) is 5.56 Å². The topological polar surface area (TPSA) is 65.8 Å². The summed E-state index contributed by atoms with van der Waals surface area (Å²) in [6.07, 6.45) is 1.16. The summed E-state index contributed by atoms with van der Waals surface area (Å²) in [7, 11) is 3.19. The number of rotatable bonds is 5. The zero-order chi connectivity index (χ0) is 22.0. The monoisotopic (exact) mass is 435 g/mol. The van der Waals surface area contributed by atoms with E-state index in [9.17, 15) is 10.1 Å². The van der Waals surface area contributed by atoms with Gasteiger partial charge in [-0.2, -0.15) is 5.26 Å². The molecular weight excluding hydrogens is 410 g/mol. The van der Waals surface area contributed by atoms with E-state index in [1.807, 2.05) is 24.3 Å². The van der Waals surface area contributed by atoms with E-state index in [0.29, 0.717) is 29.6 Å². The van der Waals surface area contributed by atoms with Crippen LogP contribution in [0.25, 0.3) is 0 Å². The van der Waals surface area contributed by atoms with Crippen molar-refractivity contribution in [2.45, 2.75) is 25.7 Å². The lowest BCUT2D eigenvalue weighted by molar-refractivity contribution is -0.129. The lowest BCUT2D eigenvalue weighted by Gasteiger charge is -2.42. The Bertz CT molecular complexity index is 1080. The number of aryl methyl sites for hydroxylation is 1. The number of fused-ring (bicyclic) bond motifs is 1. The predicted octanol–water partition coefficient (Wildman–Crippen LogP) is 4.49. The highest BCUT2D eigenvalue weighted by molar-refractivity contribution is 8.03. The average molecular weight is 436 g/mol. The molecule has 0 saturated carbocycles. The maximum absolute atomic E-state index is 13.2. The van der Waals surface area contributed by atoms with E-state index in [0.717, 1.165) is 22.7 Å². The molecule has 1 saturated heterocycles. The van der Waals surface area contributed by atoms with E-state index in [4.69, 9.17) is 9.47 Å². The number of anilines is 1. The Morgan fingerprint density at radius 1 is 1.19 bits per heavy atom. The minimum Gasteiger partial charge on any atom is -0.497 e. The van der Waals surface area contributed by atoms with Crippen LogP contribution >= 0.6 is 11.8 Å². The Morgan fingerprint density at radius 2 is 2.00 bits per heavy atom. The Labute approximate surface area is 187 Å². The van der Waals surface area contributed by atoms with Gasteiger partial charge in [0.1, 0.15) is 11.5 Å². The summed E-state index contributed by atoms with van der Waals surface area (Å²) in [6.45, 7) is 2.59. The molecule has 2 aliphatic rings. The summed E-state index contributed by atoms with van der Waals surface area (Å²) >= 11 is 1.55. The molecule has 2 aromatic rings. The number of benzene rings is 2. The van der Waals surface area contributed by atoms with Crippen LogP contribution in [-0.2, 0) is 11.2 Å². The number of hydrogen-bond acceptors (Lipinski definition) is 6. The molecule has 6 nitrogen and oxygen atoms in total. The van der Waals surface area contributed by atoms with E-state index in [-0.39, 0.29) is 18.2 Å². The first-order chi connectivity index (χ1) is 15.1. The highest BCUT2D eigenvalue weighted by atomic mass is 32.2. The Hall–Kier alpha value is -3.11. The standard InChI is InChI=1S/C24H25N3O3S/c1-4-16-7-5-6-8-21(16)26-14-27-23(28)12-19(20(13-25)24(27)31-15-26)18-10-9-17(29-2)11-22(18)30-3/h5-11,19H,4,12,14-15H2,1-3H3/t19-/m1/s1. The number of nitriles is 1. The second-order valence-electron chi connectivity index (χ2n) is 7.45. The average Bonchev–Trinajstić information content (AvgIpc) is 2.83. The van der Waals surface area contributed by atoms with Crippen LogP contribution in [0.4, 0.5) is 5.69 Å². The van der Waals surface area contributed by atoms with Crippen molar-refractivity contribution in [3.63, 3.8) is 0 Å². The summed E-state index contributed by atoms with van der Waals surface area (Å²) in [5, 5.41) is 10.8. The Morgan fingerprint density at radius 3 is 2.71 bits per heavy atom. The zero-order valence-electron chi connectivity index (χ0n) is 17.9. The van der Waals surface area contributed by atoms with E-state index in [1.54, 1.807) is 36.9 Å². The zero-order valence-corrected chi connectivity index (χ0v) is 18.7. The molecule has 160 valence electrons. The van der Waals surface area contributed by atoms with Gasteiger partial charge in [-0.05, 0) is 24.1 Å².